The van der Waals surface area contributed by atoms with Crippen molar-refractivity contribution < 1.29 is 14.2 Å². The summed E-state index contributed by atoms with van der Waals surface area (Å²) in [5.74, 6) is 0.420. The van der Waals surface area contributed by atoms with Crippen LogP contribution in [-0.4, -0.2) is 7.11 Å². The Morgan fingerprint density at radius 3 is 2.21 bits per heavy atom. The van der Waals surface area contributed by atoms with Gasteiger partial charge in [-0.25, -0.2) is 0 Å². The van der Waals surface area contributed by atoms with Gasteiger partial charge in [0.25, 0.3) is 16.6 Å². The highest BCUT2D eigenvalue weighted by Gasteiger charge is 2.25. The van der Waals surface area contributed by atoms with Gasteiger partial charge in [-0.3, -0.25) is 0 Å². The predicted molar refractivity (Wildman–Crippen MR) is 78.6 cm³/mol. The first kappa shape index (κ1) is 12.2. The fourth-order valence-corrected chi connectivity index (χ4v) is 2.80. The maximum absolute atomic E-state index is 12.5. The molecule has 0 N–H and O–H groups in total. The van der Waals surface area contributed by atoms with E-state index in [1.807, 2.05) is 0 Å². The van der Waals surface area contributed by atoms with E-state index >= 15 is 0 Å². The lowest BCUT2D eigenvalue weighted by atomic mass is 10.2. The minimum Gasteiger partial charge on any atom is -0.617 e. The van der Waals surface area contributed by atoms with E-state index in [1.54, 1.807) is 36.4 Å². The maximum atomic E-state index is 12.5. The molecule has 0 aliphatic heterocycles. The predicted octanol–water partition coefficient (Wildman–Crippen LogP) is 1.87. The summed E-state index contributed by atoms with van der Waals surface area (Å²) in [7, 11) is 1.49. The van der Waals surface area contributed by atoms with Gasteiger partial charge in [-0.1, -0.05) is 12.1 Å². The topological polar surface area (TPSA) is 63.1 Å². The molecule has 0 aliphatic rings. The maximum Gasteiger partial charge on any atom is 0.333 e. The fraction of sp³-hybridized carbons (Fsp3) is 0.0769. The van der Waals surface area contributed by atoms with Crippen LogP contribution in [0.2, 0.25) is 0 Å². The molecule has 19 heavy (non-hydrogen) atoms. The average molecular weight is 368 g/mol. The van der Waals surface area contributed by atoms with Gasteiger partial charge in [0.05, 0.1) is 10.7 Å². The number of para-hydroxylation sites is 2. The van der Waals surface area contributed by atoms with Gasteiger partial charge in [-0.15, -0.1) is 0 Å². The summed E-state index contributed by atoms with van der Waals surface area (Å²) >= 11 is 2.07. The lowest BCUT2D eigenvalue weighted by Crippen LogP contribution is -2.39. The molecular weight excluding hydrogens is 359 g/mol. The molecule has 0 spiro atoms. The summed E-state index contributed by atoms with van der Waals surface area (Å²) in [5, 5.41) is 24.8. The van der Waals surface area contributed by atoms with Crippen molar-refractivity contribution in [1.29, 1.82) is 0 Å². The van der Waals surface area contributed by atoms with Crippen LogP contribution in [0.25, 0.3) is 22.1 Å². The molecule has 1 heterocycles. The number of nitrogens with zero attached hydrogens (tertiary/aromatic N) is 2. The van der Waals surface area contributed by atoms with Gasteiger partial charge in [0, 0.05) is 18.2 Å². The standard InChI is InChI=1S/C13H9IN2O3/c1-19-13-8(14)6-7-11-12(13)16(18)10-5-3-2-4-9(10)15(11)17/h2-7H,1H3. The Morgan fingerprint density at radius 2 is 1.58 bits per heavy atom. The summed E-state index contributed by atoms with van der Waals surface area (Å²) in [5.41, 5.74) is 1.22. The van der Waals surface area contributed by atoms with Crippen molar-refractivity contribution in [2.45, 2.75) is 0 Å². The first-order valence-electron chi connectivity index (χ1n) is 5.55. The molecule has 5 nitrogen and oxygen atoms in total. The zero-order chi connectivity index (χ0) is 13.6. The molecule has 96 valence electrons. The van der Waals surface area contributed by atoms with Crippen LogP contribution >= 0.6 is 22.6 Å². The second-order valence-corrected chi connectivity index (χ2v) is 5.19. The number of hydrogen-bond donors (Lipinski definition) is 0. The summed E-state index contributed by atoms with van der Waals surface area (Å²) in [6.07, 6.45) is 0. The van der Waals surface area contributed by atoms with Crippen LogP contribution in [0, 0.1) is 14.0 Å². The first-order valence-corrected chi connectivity index (χ1v) is 6.63. The van der Waals surface area contributed by atoms with E-state index in [1.165, 1.54) is 7.11 Å². The second-order valence-electron chi connectivity index (χ2n) is 4.03. The first-order chi connectivity index (χ1) is 9.15. The van der Waals surface area contributed by atoms with Crippen LogP contribution in [0.1, 0.15) is 0 Å². The van der Waals surface area contributed by atoms with Crippen molar-refractivity contribution in [3.05, 3.63) is 50.4 Å². The second kappa shape index (κ2) is 4.37. The van der Waals surface area contributed by atoms with E-state index < -0.39 is 0 Å². The molecule has 0 radical (unpaired) electrons. The van der Waals surface area contributed by atoms with Gasteiger partial charge >= 0.3 is 5.52 Å². The number of fused-ring (bicyclic) bond motifs is 2. The average Bonchev–Trinajstić information content (AvgIpc) is 2.44. The van der Waals surface area contributed by atoms with Crippen LogP contribution in [0.4, 0.5) is 0 Å². The Bertz CT molecular complexity index is 805. The van der Waals surface area contributed by atoms with Gasteiger partial charge in [0.2, 0.25) is 5.75 Å². The Labute approximate surface area is 122 Å². The van der Waals surface area contributed by atoms with Gasteiger partial charge in [0.15, 0.2) is 0 Å². The van der Waals surface area contributed by atoms with Crippen LogP contribution in [0.5, 0.6) is 5.75 Å². The third-order valence-electron chi connectivity index (χ3n) is 3.01. The molecule has 0 aliphatic carbocycles. The highest BCUT2D eigenvalue weighted by Crippen LogP contribution is 2.27. The summed E-state index contributed by atoms with van der Waals surface area (Å²) < 4.78 is 7.56. The lowest BCUT2D eigenvalue weighted by Gasteiger charge is -2.10. The van der Waals surface area contributed by atoms with E-state index in [4.69, 9.17) is 4.74 Å². The molecular formula is C13H9IN2O3. The SMILES string of the molecule is COc1c(I)ccc2c1[n+]([O-])c1ccccc1[n+]2[O-]. The van der Waals surface area contributed by atoms with E-state index in [2.05, 4.69) is 22.6 Å². The smallest absolute Gasteiger partial charge is 0.333 e. The molecule has 0 saturated carbocycles. The molecule has 0 atom stereocenters. The molecule has 0 saturated heterocycles. The van der Waals surface area contributed by atoms with E-state index in [9.17, 15) is 10.4 Å². The van der Waals surface area contributed by atoms with Crippen molar-refractivity contribution >= 4 is 44.7 Å². The zero-order valence-corrected chi connectivity index (χ0v) is 12.1. The number of halogens is 1. The van der Waals surface area contributed by atoms with Gasteiger partial charge in [-0.2, -0.15) is 9.46 Å². The van der Waals surface area contributed by atoms with Gasteiger partial charge in [0.1, 0.15) is 0 Å². The summed E-state index contributed by atoms with van der Waals surface area (Å²) in [6, 6.07) is 10.1. The zero-order valence-electron chi connectivity index (χ0n) is 9.96. The van der Waals surface area contributed by atoms with Crippen LogP contribution in [0.3, 0.4) is 0 Å². The number of methoxy groups -OCH3 is 1. The third-order valence-corrected chi connectivity index (χ3v) is 3.86. The quantitative estimate of drug-likeness (QED) is 0.285. The van der Waals surface area contributed by atoms with Gasteiger partial charge < -0.3 is 15.2 Å². The normalized spacial score (nSPS) is 11.1. The highest BCUT2D eigenvalue weighted by molar-refractivity contribution is 14.1. The third kappa shape index (κ3) is 1.66. The molecule has 3 rings (SSSR count). The van der Waals surface area contributed by atoms with Crippen LogP contribution < -0.4 is 14.2 Å². The Morgan fingerprint density at radius 1 is 0.947 bits per heavy atom. The number of rotatable bonds is 1. The highest BCUT2D eigenvalue weighted by atomic mass is 127. The Hall–Kier alpha value is -1.83. The molecule has 1 aromatic heterocycles. The Kier molecular flexibility index (Phi) is 2.81. The monoisotopic (exact) mass is 368 g/mol. The number of ether oxygens (including phenoxy) is 1. The number of benzene rings is 2. The molecule has 0 amide bonds. The van der Waals surface area contributed by atoms with Crippen molar-refractivity contribution in [2.75, 3.05) is 7.11 Å². The lowest BCUT2D eigenvalue weighted by molar-refractivity contribution is -0.591. The van der Waals surface area contributed by atoms with Crippen LogP contribution in [-0.2, 0) is 0 Å². The molecule has 0 fully saturated rings. The minimum atomic E-state index is 0.253. The fourth-order valence-electron chi connectivity index (χ4n) is 2.15. The van der Waals surface area contributed by atoms with E-state index in [0.29, 0.717) is 22.3 Å². The van der Waals surface area contributed by atoms with Crippen molar-refractivity contribution in [1.82, 2.24) is 0 Å². The molecule has 2 aromatic carbocycles. The Balaban J connectivity index is 2.64. The van der Waals surface area contributed by atoms with Crippen LogP contribution in [0.15, 0.2) is 36.4 Å². The van der Waals surface area contributed by atoms with E-state index in [0.717, 1.165) is 13.0 Å². The minimum absolute atomic E-state index is 0.253. The van der Waals surface area contributed by atoms with E-state index in [-0.39, 0.29) is 5.52 Å². The van der Waals surface area contributed by atoms with Crippen molar-refractivity contribution in [3.63, 3.8) is 0 Å². The summed E-state index contributed by atoms with van der Waals surface area (Å²) in [6.45, 7) is 0. The van der Waals surface area contributed by atoms with Gasteiger partial charge in [-0.05, 0) is 28.7 Å². The van der Waals surface area contributed by atoms with Crippen molar-refractivity contribution in [3.8, 4) is 5.75 Å². The molecule has 0 unspecified atom stereocenters. The molecule has 0 bridgehead atoms. The number of hydrogen-bond acceptors (Lipinski definition) is 3. The van der Waals surface area contributed by atoms with Crippen molar-refractivity contribution in [2.24, 2.45) is 0 Å². The molecule has 6 heteroatoms. The number of aromatic nitrogens is 2. The summed E-state index contributed by atoms with van der Waals surface area (Å²) in [4.78, 5) is 0. The largest absolute Gasteiger partial charge is 0.617 e. The molecule has 3 aromatic rings.